The molecular formula is C15H19N3OS2. The second-order valence-electron chi connectivity index (χ2n) is 5.29. The fourth-order valence-corrected chi connectivity index (χ4v) is 4.56. The molecule has 1 N–H and O–H groups in total. The van der Waals surface area contributed by atoms with E-state index in [1.165, 1.54) is 4.88 Å². The van der Waals surface area contributed by atoms with Crippen molar-refractivity contribution in [2.24, 2.45) is 0 Å². The zero-order valence-electron chi connectivity index (χ0n) is 12.5. The number of fused-ring (bicyclic) bond motifs is 1. The summed E-state index contributed by atoms with van der Waals surface area (Å²) in [6.45, 7) is 9.26. The number of rotatable bonds is 3. The molecule has 1 aliphatic heterocycles. The highest BCUT2D eigenvalue weighted by Gasteiger charge is 2.21. The normalized spacial score (nSPS) is 15.0. The van der Waals surface area contributed by atoms with Gasteiger partial charge < -0.3 is 0 Å². The van der Waals surface area contributed by atoms with Crippen LogP contribution in [0.3, 0.4) is 0 Å². The molecule has 0 saturated heterocycles. The zero-order valence-corrected chi connectivity index (χ0v) is 14.2. The van der Waals surface area contributed by atoms with Crippen molar-refractivity contribution in [1.82, 2.24) is 9.88 Å². The van der Waals surface area contributed by atoms with Crippen molar-refractivity contribution in [2.45, 2.75) is 33.7 Å². The van der Waals surface area contributed by atoms with Crippen molar-refractivity contribution in [3.05, 3.63) is 32.0 Å². The number of thiophene rings is 1. The molecule has 0 saturated carbocycles. The Morgan fingerprint density at radius 1 is 1.43 bits per heavy atom. The maximum absolute atomic E-state index is 12.3. The number of aromatic nitrogens is 1. The quantitative estimate of drug-likeness (QED) is 0.942. The van der Waals surface area contributed by atoms with E-state index >= 15 is 0 Å². The predicted molar refractivity (Wildman–Crippen MR) is 88.5 cm³/mol. The average Bonchev–Trinajstić information content (AvgIpc) is 2.99. The third-order valence-electron chi connectivity index (χ3n) is 3.76. The Morgan fingerprint density at radius 3 is 2.90 bits per heavy atom. The van der Waals surface area contributed by atoms with Crippen LogP contribution in [0.2, 0.25) is 0 Å². The van der Waals surface area contributed by atoms with E-state index in [0.717, 1.165) is 52.2 Å². The van der Waals surface area contributed by atoms with Crippen LogP contribution < -0.4 is 5.32 Å². The van der Waals surface area contributed by atoms with Crippen LogP contribution in [0, 0.1) is 13.8 Å². The minimum Gasteiger partial charge on any atom is -0.298 e. The molecule has 3 heterocycles. The molecule has 3 rings (SSSR count). The van der Waals surface area contributed by atoms with Crippen LogP contribution in [-0.2, 0) is 13.0 Å². The number of nitrogens with zero attached hydrogens (tertiary/aromatic N) is 2. The molecule has 0 atom stereocenters. The third-order valence-corrected chi connectivity index (χ3v) is 5.73. The van der Waals surface area contributed by atoms with Crippen molar-refractivity contribution < 1.29 is 4.79 Å². The van der Waals surface area contributed by atoms with E-state index < -0.39 is 0 Å². The SMILES string of the molecule is CCN1CCc2nc(NC(=O)c3cc(C)sc3C)sc2C1. The Bertz CT molecular complexity index is 675. The Hall–Kier alpha value is -1.24. The van der Waals surface area contributed by atoms with Gasteiger partial charge in [-0.3, -0.25) is 15.0 Å². The molecular weight excluding hydrogens is 302 g/mol. The van der Waals surface area contributed by atoms with Gasteiger partial charge in [0.2, 0.25) is 0 Å². The van der Waals surface area contributed by atoms with Gasteiger partial charge in [-0.05, 0) is 26.5 Å². The Morgan fingerprint density at radius 2 is 2.24 bits per heavy atom. The highest BCUT2D eigenvalue weighted by atomic mass is 32.1. The summed E-state index contributed by atoms with van der Waals surface area (Å²) in [4.78, 5) is 22.8. The number of aryl methyl sites for hydroxylation is 2. The van der Waals surface area contributed by atoms with Crippen LogP contribution in [0.1, 0.15) is 37.6 Å². The second kappa shape index (κ2) is 5.87. The van der Waals surface area contributed by atoms with Gasteiger partial charge in [0.05, 0.1) is 11.3 Å². The number of nitrogens with one attached hydrogen (secondary N) is 1. The Balaban J connectivity index is 1.76. The fourth-order valence-electron chi connectivity index (χ4n) is 2.59. The molecule has 0 unspecified atom stereocenters. The first-order valence-electron chi connectivity index (χ1n) is 7.16. The minimum atomic E-state index is -0.0460. The van der Waals surface area contributed by atoms with Crippen molar-refractivity contribution in [3.63, 3.8) is 0 Å². The number of amides is 1. The molecule has 0 spiro atoms. The summed E-state index contributed by atoms with van der Waals surface area (Å²) in [6.07, 6.45) is 0.978. The number of thiazole rings is 1. The number of anilines is 1. The lowest BCUT2D eigenvalue weighted by Crippen LogP contribution is -2.29. The molecule has 1 amide bonds. The summed E-state index contributed by atoms with van der Waals surface area (Å²) in [6, 6.07) is 1.95. The van der Waals surface area contributed by atoms with Crippen LogP contribution in [0.25, 0.3) is 0 Å². The molecule has 0 aromatic carbocycles. The van der Waals surface area contributed by atoms with Gasteiger partial charge in [-0.15, -0.1) is 22.7 Å². The molecule has 21 heavy (non-hydrogen) atoms. The summed E-state index contributed by atoms with van der Waals surface area (Å²) >= 11 is 3.26. The van der Waals surface area contributed by atoms with Crippen LogP contribution in [-0.4, -0.2) is 28.9 Å². The Labute approximate surface area is 132 Å². The smallest absolute Gasteiger partial charge is 0.258 e. The minimum absolute atomic E-state index is 0.0460. The standard InChI is InChI=1S/C15H19N3OS2/c1-4-18-6-5-12-13(8-18)21-15(16-12)17-14(19)11-7-9(2)20-10(11)3/h7H,4-6,8H2,1-3H3,(H,16,17,19). The summed E-state index contributed by atoms with van der Waals surface area (Å²) in [5, 5.41) is 3.69. The summed E-state index contributed by atoms with van der Waals surface area (Å²) < 4.78 is 0. The molecule has 112 valence electrons. The highest BCUT2D eigenvalue weighted by molar-refractivity contribution is 7.16. The molecule has 0 fully saturated rings. The van der Waals surface area contributed by atoms with Gasteiger partial charge in [0, 0.05) is 34.1 Å². The van der Waals surface area contributed by atoms with Gasteiger partial charge in [0.1, 0.15) is 0 Å². The molecule has 2 aromatic rings. The van der Waals surface area contributed by atoms with E-state index in [-0.39, 0.29) is 5.91 Å². The molecule has 1 aliphatic rings. The van der Waals surface area contributed by atoms with E-state index in [0.29, 0.717) is 0 Å². The van der Waals surface area contributed by atoms with Crippen LogP contribution >= 0.6 is 22.7 Å². The number of carbonyl (C=O) groups excluding carboxylic acids is 1. The molecule has 2 aromatic heterocycles. The lowest BCUT2D eigenvalue weighted by Gasteiger charge is -2.23. The van der Waals surface area contributed by atoms with Crippen molar-refractivity contribution >= 4 is 33.7 Å². The Kier molecular flexibility index (Phi) is 4.10. The average molecular weight is 321 g/mol. The highest BCUT2D eigenvalue weighted by Crippen LogP contribution is 2.29. The fraction of sp³-hybridized carbons (Fsp3) is 0.467. The van der Waals surface area contributed by atoms with E-state index in [9.17, 15) is 4.79 Å². The lowest BCUT2D eigenvalue weighted by atomic mass is 10.2. The maximum atomic E-state index is 12.3. The van der Waals surface area contributed by atoms with Crippen LogP contribution in [0.5, 0.6) is 0 Å². The monoisotopic (exact) mass is 321 g/mol. The van der Waals surface area contributed by atoms with Crippen LogP contribution in [0.15, 0.2) is 6.07 Å². The second-order valence-corrected chi connectivity index (χ2v) is 7.83. The van der Waals surface area contributed by atoms with E-state index in [1.54, 1.807) is 22.7 Å². The molecule has 0 aliphatic carbocycles. The molecule has 4 nitrogen and oxygen atoms in total. The van der Waals surface area contributed by atoms with Crippen molar-refractivity contribution in [2.75, 3.05) is 18.4 Å². The van der Waals surface area contributed by atoms with Crippen molar-refractivity contribution in [1.29, 1.82) is 0 Å². The molecule has 0 bridgehead atoms. The number of likely N-dealkylation sites (N-methyl/N-ethyl adjacent to an activating group) is 1. The first-order chi connectivity index (χ1) is 10.1. The summed E-state index contributed by atoms with van der Waals surface area (Å²) in [5.41, 5.74) is 1.92. The number of hydrogen-bond donors (Lipinski definition) is 1. The van der Waals surface area contributed by atoms with Gasteiger partial charge in [-0.1, -0.05) is 6.92 Å². The largest absolute Gasteiger partial charge is 0.298 e. The third kappa shape index (κ3) is 3.02. The number of carbonyl (C=O) groups is 1. The van der Waals surface area contributed by atoms with E-state index in [4.69, 9.17) is 0 Å². The molecule has 6 heteroatoms. The summed E-state index contributed by atoms with van der Waals surface area (Å²) in [5.74, 6) is -0.0460. The topological polar surface area (TPSA) is 45.2 Å². The van der Waals surface area contributed by atoms with Gasteiger partial charge >= 0.3 is 0 Å². The lowest BCUT2D eigenvalue weighted by molar-refractivity contribution is 0.102. The van der Waals surface area contributed by atoms with Gasteiger partial charge in [-0.2, -0.15) is 0 Å². The maximum Gasteiger partial charge on any atom is 0.258 e. The zero-order chi connectivity index (χ0) is 15.0. The first-order valence-corrected chi connectivity index (χ1v) is 8.79. The van der Waals surface area contributed by atoms with E-state index in [2.05, 4.69) is 22.1 Å². The van der Waals surface area contributed by atoms with Crippen molar-refractivity contribution in [3.8, 4) is 0 Å². The van der Waals surface area contributed by atoms with Gasteiger partial charge in [0.15, 0.2) is 5.13 Å². The van der Waals surface area contributed by atoms with Gasteiger partial charge in [-0.25, -0.2) is 4.98 Å². The number of hydrogen-bond acceptors (Lipinski definition) is 5. The first kappa shape index (κ1) is 14.7. The molecule has 0 radical (unpaired) electrons. The predicted octanol–water partition coefficient (Wildman–Crippen LogP) is 3.45. The summed E-state index contributed by atoms with van der Waals surface area (Å²) in [7, 11) is 0. The van der Waals surface area contributed by atoms with E-state index in [1.807, 2.05) is 19.9 Å². The van der Waals surface area contributed by atoms with Crippen LogP contribution in [0.4, 0.5) is 5.13 Å². The van der Waals surface area contributed by atoms with Gasteiger partial charge in [0.25, 0.3) is 5.91 Å².